The van der Waals surface area contributed by atoms with Gasteiger partial charge in [0.25, 0.3) is 0 Å². The Hall–Kier alpha value is -3.42. The second kappa shape index (κ2) is 11.6. The molecule has 180 valence electrons. The van der Waals surface area contributed by atoms with E-state index in [1.54, 1.807) is 25.4 Å². The molecule has 0 fully saturated rings. The number of aliphatic hydroxyl groups is 1. The van der Waals surface area contributed by atoms with Gasteiger partial charge < -0.3 is 26.2 Å². The monoisotopic (exact) mass is 462 g/mol. The number of pyridine rings is 1. The molecule has 7 nitrogen and oxygen atoms in total. The van der Waals surface area contributed by atoms with Gasteiger partial charge in [0.05, 0.1) is 19.6 Å². The van der Waals surface area contributed by atoms with Crippen molar-refractivity contribution in [2.24, 2.45) is 0 Å². The average molecular weight is 463 g/mol. The van der Waals surface area contributed by atoms with Gasteiger partial charge in [0.2, 0.25) is 5.91 Å². The Morgan fingerprint density at radius 2 is 1.82 bits per heavy atom. The molecule has 0 bridgehead atoms. The Morgan fingerprint density at radius 3 is 2.50 bits per heavy atom. The fourth-order valence-electron chi connectivity index (χ4n) is 3.68. The minimum atomic E-state index is -0.662. The lowest BCUT2D eigenvalue weighted by Gasteiger charge is -2.28. The number of carbonyl (C=O) groups is 1. The summed E-state index contributed by atoms with van der Waals surface area (Å²) in [5, 5.41) is 16.8. The smallest absolute Gasteiger partial charge is 0.224 e. The molecule has 0 unspecified atom stereocenters. The molecule has 34 heavy (non-hydrogen) atoms. The average Bonchev–Trinajstić information content (AvgIpc) is 2.83. The molecule has 1 amide bonds. The quantitative estimate of drug-likeness (QED) is 0.348. The number of nitrogen functional groups attached to an aromatic ring is 1. The summed E-state index contributed by atoms with van der Waals surface area (Å²) in [6.07, 6.45) is 2.04. The van der Waals surface area contributed by atoms with Crippen LogP contribution in [0.5, 0.6) is 5.75 Å². The van der Waals surface area contributed by atoms with E-state index in [0.29, 0.717) is 25.3 Å². The maximum atomic E-state index is 12.4. The number of carbonyl (C=O) groups excluding carboxylic acids is 1. The lowest BCUT2D eigenvalue weighted by Crippen LogP contribution is -2.43. The summed E-state index contributed by atoms with van der Waals surface area (Å²) in [5.41, 5.74) is 9.22. The number of β-amino-alcohol motifs (C(OH)–C–C–N with tert-alkyl or cyclic N) is 1. The van der Waals surface area contributed by atoms with Gasteiger partial charge in [0.15, 0.2) is 0 Å². The van der Waals surface area contributed by atoms with E-state index in [1.165, 1.54) is 0 Å². The molecule has 0 saturated carbocycles. The summed E-state index contributed by atoms with van der Waals surface area (Å²) in [7, 11) is 1.63. The molecule has 5 N–H and O–H groups in total. The molecule has 1 heterocycles. The number of nitrogens with two attached hydrogens (primary N) is 1. The van der Waals surface area contributed by atoms with E-state index in [-0.39, 0.29) is 11.4 Å². The van der Waals surface area contributed by atoms with E-state index < -0.39 is 6.10 Å². The SMILES string of the molecule is COc1cccc(CNC(=O)Cc2ccc(CC(C)(C)NC[C@@H](O)c3ccc(N)nc3)cc2)c1. The lowest BCUT2D eigenvalue weighted by molar-refractivity contribution is -0.120. The molecule has 3 aromatic rings. The number of aliphatic hydroxyl groups excluding tert-OH is 1. The van der Waals surface area contributed by atoms with Crippen LogP contribution < -0.4 is 21.1 Å². The molecule has 1 aromatic heterocycles. The Bertz CT molecular complexity index is 1070. The highest BCUT2D eigenvalue weighted by Gasteiger charge is 2.20. The maximum absolute atomic E-state index is 12.4. The van der Waals surface area contributed by atoms with Gasteiger partial charge in [-0.3, -0.25) is 4.79 Å². The Balaban J connectivity index is 1.46. The van der Waals surface area contributed by atoms with E-state index in [9.17, 15) is 9.90 Å². The van der Waals surface area contributed by atoms with Crippen LogP contribution in [0.2, 0.25) is 0 Å². The number of methoxy groups -OCH3 is 1. The summed E-state index contributed by atoms with van der Waals surface area (Å²) < 4.78 is 5.22. The van der Waals surface area contributed by atoms with Crippen molar-refractivity contribution < 1.29 is 14.6 Å². The highest BCUT2D eigenvalue weighted by Crippen LogP contribution is 2.17. The number of nitrogens with zero attached hydrogens (tertiary/aromatic N) is 1. The van der Waals surface area contributed by atoms with Gasteiger partial charge in [0, 0.05) is 30.4 Å². The van der Waals surface area contributed by atoms with Crippen molar-refractivity contribution in [3.63, 3.8) is 0 Å². The highest BCUT2D eigenvalue weighted by molar-refractivity contribution is 5.78. The van der Waals surface area contributed by atoms with E-state index in [2.05, 4.69) is 41.6 Å². The van der Waals surface area contributed by atoms with Gasteiger partial charge in [-0.1, -0.05) is 42.5 Å². The third kappa shape index (κ3) is 7.86. The number of anilines is 1. The number of amides is 1. The van der Waals surface area contributed by atoms with Gasteiger partial charge in [0.1, 0.15) is 11.6 Å². The first-order valence-corrected chi connectivity index (χ1v) is 11.4. The Labute approximate surface area is 201 Å². The molecule has 0 aliphatic heterocycles. The lowest BCUT2D eigenvalue weighted by atomic mass is 9.93. The molecule has 0 aliphatic rings. The van der Waals surface area contributed by atoms with Crippen LogP contribution in [0.15, 0.2) is 66.9 Å². The van der Waals surface area contributed by atoms with Crippen molar-refractivity contribution in [1.29, 1.82) is 0 Å². The van der Waals surface area contributed by atoms with Crippen molar-refractivity contribution in [2.45, 2.75) is 44.9 Å². The van der Waals surface area contributed by atoms with Gasteiger partial charge in [-0.2, -0.15) is 0 Å². The number of rotatable bonds is 11. The second-order valence-corrected chi connectivity index (χ2v) is 9.10. The molecule has 7 heteroatoms. The Morgan fingerprint density at radius 1 is 1.09 bits per heavy atom. The van der Waals surface area contributed by atoms with Gasteiger partial charge >= 0.3 is 0 Å². The summed E-state index contributed by atoms with van der Waals surface area (Å²) in [4.78, 5) is 16.4. The summed E-state index contributed by atoms with van der Waals surface area (Å²) in [5.74, 6) is 1.18. The zero-order chi connectivity index (χ0) is 24.6. The van der Waals surface area contributed by atoms with Crippen LogP contribution in [-0.4, -0.2) is 35.2 Å². The van der Waals surface area contributed by atoms with Crippen LogP contribution in [0.4, 0.5) is 5.82 Å². The molecule has 3 rings (SSSR count). The third-order valence-electron chi connectivity index (χ3n) is 5.63. The van der Waals surface area contributed by atoms with Crippen molar-refractivity contribution in [2.75, 3.05) is 19.4 Å². The maximum Gasteiger partial charge on any atom is 0.224 e. The number of ether oxygens (including phenoxy) is 1. The van der Waals surface area contributed by atoms with Crippen molar-refractivity contribution in [1.82, 2.24) is 15.6 Å². The minimum Gasteiger partial charge on any atom is -0.497 e. The van der Waals surface area contributed by atoms with Crippen molar-refractivity contribution in [3.8, 4) is 5.75 Å². The van der Waals surface area contributed by atoms with Crippen LogP contribution in [0, 0.1) is 0 Å². The first-order chi connectivity index (χ1) is 16.2. The van der Waals surface area contributed by atoms with Gasteiger partial charge in [-0.05, 0) is 55.2 Å². The van der Waals surface area contributed by atoms with Crippen LogP contribution in [-0.2, 0) is 24.2 Å². The second-order valence-electron chi connectivity index (χ2n) is 9.10. The molecule has 0 aliphatic carbocycles. The van der Waals surface area contributed by atoms with Gasteiger partial charge in [-0.25, -0.2) is 4.98 Å². The summed E-state index contributed by atoms with van der Waals surface area (Å²) >= 11 is 0. The highest BCUT2D eigenvalue weighted by atomic mass is 16.5. The summed E-state index contributed by atoms with van der Waals surface area (Å²) in [6, 6.07) is 19.2. The van der Waals surface area contributed by atoms with E-state index in [0.717, 1.165) is 34.4 Å². The minimum absolute atomic E-state index is 0.0243. The molecule has 0 saturated heterocycles. The van der Waals surface area contributed by atoms with E-state index in [1.807, 2.05) is 36.4 Å². The molecule has 0 radical (unpaired) electrons. The first kappa shape index (κ1) is 25.2. The zero-order valence-electron chi connectivity index (χ0n) is 20.0. The Kier molecular flexibility index (Phi) is 8.62. The number of hydrogen-bond acceptors (Lipinski definition) is 6. The largest absolute Gasteiger partial charge is 0.497 e. The summed E-state index contributed by atoms with van der Waals surface area (Å²) in [6.45, 7) is 5.07. The number of benzene rings is 2. The standard InChI is InChI=1S/C27H34N4O3/c1-27(2,31-18-24(32)22-11-12-25(28)29-17-22)15-20-9-7-19(8-10-20)14-26(33)30-16-21-5-4-6-23(13-21)34-3/h4-13,17,24,31-32H,14-16,18H2,1-3H3,(H2,28,29)(H,30,33)/t24-/m1/s1. The molecular weight excluding hydrogens is 428 g/mol. The van der Waals surface area contributed by atoms with Crippen LogP contribution in [0.25, 0.3) is 0 Å². The van der Waals surface area contributed by atoms with Crippen molar-refractivity contribution >= 4 is 11.7 Å². The van der Waals surface area contributed by atoms with E-state index >= 15 is 0 Å². The fraction of sp³-hybridized carbons (Fsp3) is 0.333. The van der Waals surface area contributed by atoms with Crippen molar-refractivity contribution in [3.05, 3.63) is 89.1 Å². The third-order valence-corrected chi connectivity index (χ3v) is 5.63. The number of nitrogens with one attached hydrogen (secondary N) is 2. The zero-order valence-corrected chi connectivity index (χ0v) is 20.0. The van der Waals surface area contributed by atoms with Crippen LogP contribution in [0.3, 0.4) is 0 Å². The number of hydrogen-bond donors (Lipinski definition) is 4. The molecule has 1 atom stereocenters. The normalized spacial score (nSPS) is 12.2. The van der Waals surface area contributed by atoms with Gasteiger partial charge in [-0.15, -0.1) is 0 Å². The first-order valence-electron chi connectivity index (χ1n) is 11.4. The fourth-order valence-corrected chi connectivity index (χ4v) is 3.68. The predicted molar refractivity (Wildman–Crippen MR) is 134 cm³/mol. The predicted octanol–water partition coefficient (Wildman–Crippen LogP) is 3.18. The van der Waals surface area contributed by atoms with E-state index in [4.69, 9.17) is 10.5 Å². The molecule has 0 spiro atoms. The number of aromatic nitrogens is 1. The molecule has 2 aromatic carbocycles. The van der Waals surface area contributed by atoms with Crippen LogP contribution >= 0.6 is 0 Å². The molecular formula is C27H34N4O3. The topological polar surface area (TPSA) is 110 Å². The van der Waals surface area contributed by atoms with Crippen LogP contribution in [0.1, 0.15) is 42.2 Å².